The second kappa shape index (κ2) is 10.5. The Kier molecular flexibility index (Phi) is 6.73. The molecule has 3 aromatic rings. The third-order valence-electron chi connectivity index (χ3n) is 7.50. The van der Waals surface area contributed by atoms with Gasteiger partial charge in [0.25, 0.3) is 17.7 Å². The fourth-order valence-corrected chi connectivity index (χ4v) is 5.41. The summed E-state index contributed by atoms with van der Waals surface area (Å²) in [7, 11) is 0. The number of amides is 5. The molecule has 212 valence electrons. The first-order valence-corrected chi connectivity index (χ1v) is 13.4. The van der Waals surface area contributed by atoms with E-state index in [0.717, 1.165) is 4.90 Å². The third kappa shape index (κ3) is 4.46. The van der Waals surface area contributed by atoms with Crippen molar-refractivity contribution in [3.8, 4) is 0 Å². The summed E-state index contributed by atoms with van der Waals surface area (Å²) in [5.41, 5.74) is 1.38. The van der Waals surface area contributed by atoms with Crippen molar-refractivity contribution >= 4 is 46.8 Å². The number of benzene rings is 2. The van der Waals surface area contributed by atoms with E-state index < -0.39 is 41.4 Å². The minimum atomic E-state index is -1.04. The zero-order chi connectivity index (χ0) is 29.5. The number of hydrogen-bond acceptors (Lipinski definition) is 9. The molecule has 2 aliphatic heterocycles. The first-order valence-electron chi connectivity index (χ1n) is 13.4. The van der Waals surface area contributed by atoms with Crippen LogP contribution >= 0.6 is 0 Å². The topological polar surface area (TPSA) is 172 Å². The molecule has 0 bridgehead atoms. The van der Waals surface area contributed by atoms with Crippen LogP contribution in [0.4, 0.5) is 5.69 Å². The quantitative estimate of drug-likeness (QED) is 0.213. The molecule has 3 heterocycles. The molecule has 1 fully saturated rings. The van der Waals surface area contributed by atoms with Crippen LogP contribution in [0.5, 0.6) is 0 Å². The highest BCUT2D eigenvalue weighted by molar-refractivity contribution is 6.28. The van der Waals surface area contributed by atoms with Gasteiger partial charge in [0.15, 0.2) is 17.3 Å². The molecule has 0 radical (unpaired) electrons. The normalized spacial score (nSPS) is 17.5. The molecule has 6 rings (SSSR count). The summed E-state index contributed by atoms with van der Waals surface area (Å²) in [6, 6.07) is 11.5. The Hall–Kier alpha value is -5.39. The van der Waals surface area contributed by atoms with E-state index in [1.54, 1.807) is 36.4 Å². The molecule has 0 saturated carbocycles. The van der Waals surface area contributed by atoms with Crippen LogP contribution in [0.2, 0.25) is 0 Å². The number of unbranched alkanes of at least 4 members (excludes halogenated alkanes) is 1. The maximum absolute atomic E-state index is 13.2. The molecule has 3 N–H and O–H groups in total. The fourth-order valence-electron chi connectivity index (χ4n) is 5.41. The van der Waals surface area contributed by atoms with Crippen LogP contribution < -0.4 is 16.0 Å². The van der Waals surface area contributed by atoms with Gasteiger partial charge in [0.1, 0.15) is 6.04 Å². The maximum Gasteiger partial charge on any atom is 0.287 e. The monoisotopic (exact) mass is 568 g/mol. The highest BCUT2D eigenvalue weighted by Gasteiger charge is 2.45. The molecule has 1 aliphatic carbocycles. The van der Waals surface area contributed by atoms with Gasteiger partial charge >= 0.3 is 0 Å². The number of rotatable bonds is 8. The zero-order valence-electron chi connectivity index (χ0n) is 22.2. The van der Waals surface area contributed by atoms with Crippen molar-refractivity contribution in [2.24, 2.45) is 0 Å². The number of ketones is 2. The van der Waals surface area contributed by atoms with Crippen LogP contribution in [0.15, 0.2) is 52.9 Å². The van der Waals surface area contributed by atoms with E-state index in [4.69, 9.17) is 4.42 Å². The average molecular weight is 569 g/mol. The van der Waals surface area contributed by atoms with E-state index in [1.807, 2.05) is 0 Å². The van der Waals surface area contributed by atoms with E-state index in [1.165, 1.54) is 12.1 Å². The predicted octanol–water partition coefficient (Wildman–Crippen LogP) is 2.08. The second-order valence-corrected chi connectivity index (χ2v) is 10.1. The summed E-state index contributed by atoms with van der Waals surface area (Å²) >= 11 is 0. The molecule has 2 aromatic carbocycles. The number of carbonyl (C=O) groups excluding carboxylic acids is 7. The lowest BCUT2D eigenvalue weighted by atomic mass is 9.89. The first-order chi connectivity index (χ1) is 20.3. The number of nitrogens with zero attached hydrogens (tertiary/aromatic N) is 1. The van der Waals surface area contributed by atoms with Crippen molar-refractivity contribution in [3.05, 3.63) is 87.9 Å². The Morgan fingerprint density at radius 2 is 1.57 bits per heavy atom. The largest absolute Gasteiger partial charge is 0.447 e. The molecule has 1 saturated heterocycles. The van der Waals surface area contributed by atoms with Gasteiger partial charge in [-0.15, -0.1) is 0 Å². The van der Waals surface area contributed by atoms with Crippen LogP contribution in [0.3, 0.4) is 0 Å². The lowest BCUT2D eigenvalue weighted by Gasteiger charge is -2.27. The summed E-state index contributed by atoms with van der Waals surface area (Å²) in [5.74, 6) is -3.94. The van der Waals surface area contributed by atoms with Crippen molar-refractivity contribution in [2.75, 3.05) is 18.4 Å². The second-order valence-electron chi connectivity index (χ2n) is 10.1. The third-order valence-corrected chi connectivity index (χ3v) is 7.50. The summed E-state index contributed by atoms with van der Waals surface area (Å²) in [4.78, 5) is 89.0. The summed E-state index contributed by atoms with van der Waals surface area (Å²) < 4.78 is 5.47. The number of carbonyl (C=O) groups is 7. The van der Waals surface area contributed by atoms with E-state index >= 15 is 0 Å². The average Bonchev–Trinajstić information content (AvgIpc) is 3.54. The minimum absolute atomic E-state index is 0.0399. The van der Waals surface area contributed by atoms with E-state index in [2.05, 4.69) is 16.0 Å². The van der Waals surface area contributed by atoms with Crippen molar-refractivity contribution in [1.29, 1.82) is 0 Å². The van der Waals surface area contributed by atoms with Gasteiger partial charge in [0.05, 0.1) is 16.7 Å². The fraction of sp³-hybridized carbons (Fsp3) is 0.233. The number of fused-ring (bicyclic) bond motifs is 3. The molecule has 1 unspecified atom stereocenters. The summed E-state index contributed by atoms with van der Waals surface area (Å²) in [5, 5.41) is 8.04. The Morgan fingerprint density at radius 3 is 2.33 bits per heavy atom. The molecule has 12 nitrogen and oxygen atoms in total. The van der Waals surface area contributed by atoms with E-state index in [-0.39, 0.29) is 64.5 Å². The standard InChI is InChI=1S/C30H24N4O8/c35-22-11-10-20(27(38)33-22)34-29(40)17-8-5-9-19(23(17)30(34)41)31-12-3-4-13-32-28(39)21-14-18-24(36)15-6-1-2-7-16(15)25(37)26(18)42-21/h1-2,5-9,14,20,31H,3-4,10-13H2,(H,32,39)(H,33,35,38). The molecule has 1 atom stereocenters. The predicted molar refractivity (Wildman–Crippen MR) is 145 cm³/mol. The van der Waals surface area contributed by atoms with Crippen LogP contribution in [0.25, 0.3) is 0 Å². The molecule has 12 heteroatoms. The number of anilines is 1. The highest BCUT2D eigenvalue weighted by Crippen LogP contribution is 2.33. The van der Waals surface area contributed by atoms with Gasteiger partial charge in [-0.1, -0.05) is 30.3 Å². The van der Waals surface area contributed by atoms with Crippen molar-refractivity contribution in [3.63, 3.8) is 0 Å². The molecular weight excluding hydrogens is 544 g/mol. The lowest BCUT2D eigenvalue weighted by Crippen LogP contribution is -2.54. The number of piperidine rings is 1. The van der Waals surface area contributed by atoms with Crippen LogP contribution in [0, 0.1) is 0 Å². The lowest BCUT2D eigenvalue weighted by molar-refractivity contribution is -0.136. The Morgan fingerprint density at radius 1 is 0.857 bits per heavy atom. The zero-order valence-corrected chi connectivity index (χ0v) is 22.2. The van der Waals surface area contributed by atoms with Gasteiger partial charge in [-0.3, -0.25) is 43.8 Å². The number of nitrogens with one attached hydrogen (secondary N) is 3. The molecule has 5 amide bonds. The molecule has 0 spiro atoms. The van der Waals surface area contributed by atoms with Gasteiger partial charge in [0, 0.05) is 42.4 Å². The van der Waals surface area contributed by atoms with Crippen molar-refractivity contribution in [1.82, 2.24) is 15.5 Å². The molecule has 3 aliphatic rings. The van der Waals surface area contributed by atoms with Crippen molar-refractivity contribution < 1.29 is 38.0 Å². The smallest absolute Gasteiger partial charge is 0.287 e. The molecule has 42 heavy (non-hydrogen) atoms. The maximum atomic E-state index is 13.2. The van der Waals surface area contributed by atoms with Gasteiger partial charge in [0.2, 0.25) is 17.6 Å². The van der Waals surface area contributed by atoms with E-state index in [9.17, 15) is 33.6 Å². The Labute approximate surface area is 238 Å². The number of imide groups is 2. The van der Waals surface area contributed by atoms with Gasteiger partial charge < -0.3 is 15.1 Å². The van der Waals surface area contributed by atoms with Crippen molar-refractivity contribution in [2.45, 2.75) is 31.7 Å². The van der Waals surface area contributed by atoms with E-state index in [0.29, 0.717) is 25.1 Å². The highest BCUT2D eigenvalue weighted by atomic mass is 16.4. The van der Waals surface area contributed by atoms with Gasteiger partial charge in [-0.25, -0.2) is 0 Å². The van der Waals surface area contributed by atoms with Crippen LogP contribution in [-0.4, -0.2) is 65.1 Å². The Bertz CT molecular complexity index is 1670. The number of hydrogen-bond donors (Lipinski definition) is 3. The molecule has 1 aromatic heterocycles. The summed E-state index contributed by atoms with van der Waals surface area (Å²) in [6.45, 7) is 0.699. The van der Waals surface area contributed by atoms with Gasteiger partial charge in [-0.2, -0.15) is 0 Å². The van der Waals surface area contributed by atoms with Crippen LogP contribution in [-0.2, 0) is 9.59 Å². The molecular formula is C30H24N4O8. The van der Waals surface area contributed by atoms with Gasteiger partial charge in [-0.05, 0) is 31.4 Å². The number of furan rings is 1. The first kappa shape index (κ1) is 26.8. The van der Waals surface area contributed by atoms with Crippen LogP contribution in [0.1, 0.15) is 89.0 Å². The SMILES string of the molecule is O=C1CCC(N2C(=O)c3cccc(NCCCCNC(=O)c4cc5c(o4)C(=O)c4ccccc4C5=O)c3C2=O)C(=O)N1. The minimum Gasteiger partial charge on any atom is -0.447 e. The summed E-state index contributed by atoms with van der Waals surface area (Å²) in [6.07, 6.45) is 1.25. The Balaban J connectivity index is 1.02.